The molecular weight excluding hydrogens is 450 g/mol. The number of thioether (sulfide) groups is 1. The largest absolute Gasteiger partial charge is 0.497 e. The summed E-state index contributed by atoms with van der Waals surface area (Å²) in [7, 11) is 2.97. The first-order valence-electron chi connectivity index (χ1n) is 11.0. The lowest BCUT2D eigenvalue weighted by atomic mass is 9.92. The Labute approximate surface area is 203 Å². The lowest BCUT2D eigenvalue weighted by Gasteiger charge is -2.36. The zero-order valence-electron chi connectivity index (χ0n) is 19.6. The number of aryl methyl sites for hydroxylation is 1. The highest BCUT2D eigenvalue weighted by Gasteiger charge is 2.41. The van der Waals surface area contributed by atoms with Gasteiger partial charge in [0.05, 0.1) is 38.0 Å². The quantitative estimate of drug-likeness (QED) is 0.554. The molecule has 0 radical (unpaired) electrons. The summed E-state index contributed by atoms with van der Waals surface area (Å²) in [4.78, 5) is 32.6. The van der Waals surface area contributed by atoms with Crippen LogP contribution < -0.4 is 10.1 Å². The van der Waals surface area contributed by atoms with Crippen molar-refractivity contribution in [2.45, 2.75) is 32.7 Å². The Hall–Kier alpha value is -3.52. The SMILES string of the molecule is CCC1=C(C(=O)OC)[C@H](c2cccc(C)c2)N2C(CC(=O)Nc3cccc(OC)c3)=CSC2=N1. The number of methoxy groups -OCH3 is 2. The van der Waals surface area contributed by atoms with Crippen LogP contribution in [-0.4, -0.2) is 36.2 Å². The summed E-state index contributed by atoms with van der Waals surface area (Å²) < 4.78 is 10.4. The van der Waals surface area contributed by atoms with Gasteiger partial charge in [0.2, 0.25) is 5.91 Å². The standard InChI is InChI=1S/C26H27N3O4S/c1-5-21-23(25(31)33-4)24(17-9-6-8-16(2)12-17)29-19(15-34-26(29)28-21)14-22(30)27-18-10-7-11-20(13-18)32-3/h6-13,15,24H,5,14H2,1-4H3,(H,27,30)/t24-/m0/s1. The number of esters is 1. The minimum absolute atomic E-state index is 0.126. The van der Waals surface area contributed by atoms with Gasteiger partial charge in [-0.25, -0.2) is 9.79 Å². The molecule has 0 saturated carbocycles. The lowest BCUT2D eigenvalue weighted by Crippen LogP contribution is -2.37. The highest BCUT2D eigenvalue weighted by Crippen LogP contribution is 2.45. The van der Waals surface area contributed by atoms with Gasteiger partial charge in [-0.3, -0.25) is 4.79 Å². The number of nitrogens with zero attached hydrogens (tertiary/aromatic N) is 2. The first kappa shape index (κ1) is 23.6. The maximum atomic E-state index is 13.0. The fraction of sp³-hybridized carbons (Fsp3) is 0.269. The molecule has 0 saturated heterocycles. The van der Waals surface area contributed by atoms with E-state index in [2.05, 4.69) is 11.4 Å². The first-order chi connectivity index (χ1) is 16.4. The number of anilines is 1. The van der Waals surface area contributed by atoms with Crippen molar-refractivity contribution in [2.75, 3.05) is 19.5 Å². The predicted octanol–water partition coefficient (Wildman–Crippen LogP) is 5.17. The van der Waals surface area contributed by atoms with Crippen LogP contribution in [0.1, 0.15) is 36.9 Å². The molecule has 2 aromatic rings. The molecular formula is C26H27N3O4S. The maximum Gasteiger partial charge on any atom is 0.338 e. The van der Waals surface area contributed by atoms with E-state index in [1.165, 1.54) is 18.9 Å². The molecule has 2 aliphatic rings. The summed E-state index contributed by atoms with van der Waals surface area (Å²) >= 11 is 1.46. The number of allylic oxidation sites excluding steroid dienone is 1. The van der Waals surface area contributed by atoms with Crippen LogP contribution >= 0.6 is 11.8 Å². The van der Waals surface area contributed by atoms with Gasteiger partial charge in [0.15, 0.2) is 5.17 Å². The van der Waals surface area contributed by atoms with E-state index in [0.717, 1.165) is 22.0 Å². The van der Waals surface area contributed by atoms with Gasteiger partial charge in [-0.2, -0.15) is 0 Å². The molecule has 1 atom stereocenters. The van der Waals surface area contributed by atoms with E-state index in [1.54, 1.807) is 13.2 Å². The van der Waals surface area contributed by atoms with Crippen LogP contribution in [0.3, 0.4) is 0 Å². The van der Waals surface area contributed by atoms with E-state index in [1.807, 2.05) is 60.6 Å². The number of aliphatic imine (C=N–C) groups is 1. The van der Waals surface area contributed by atoms with Crippen molar-refractivity contribution in [2.24, 2.45) is 4.99 Å². The Kier molecular flexibility index (Phi) is 7.07. The molecule has 2 aliphatic heterocycles. The van der Waals surface area contributed by atoms with E-state index in [0.29, 0.717) is 29.1 Å². The Morgan fingerprint density at radius 1 is 1.15 bits per heavy atom. The topological polar surface area (TPSA) is 80.2 Å². The average molecular weight is 478 g/mol. The number of hydrogen-bond donors (Lipinski definition) is 1. The number of fused-ring (bicyclic) bond motifs is 1. The van der Waals surface area contributed by atoms with Gasteiger partial charge in [0, 0.05) is 17.5 Å². The summed E-state index contributed by atoms with van der Waals surface area (Å²) in [6, 6.07) is 14.8. The van der Waals surface area contributed by atoms with Gasteiger partial charge >= 0.3 is 5.97 Å². The zero-order chi connectivity index (χ0) is 24.2. The molecule has 4 rings (SSSR count). The Morgan fingerprint density at radius 3 is 2.65 bits per heavy atom. The molecule has 1 N–H and O–H groups in total. The molecule has 1 amide bonds. The molecule has 0 fully saturated rings. The molecule has 0 aromatic heterocycles. The van der Waals surface area contributed by atoms with E-state index >= 15 is 0 Å². The van der Waals surface area contributed by atoms with Gasteiger partial charge in [0.1, 0.15) is 5.75 Å². The first-order valence-corrected chi connectivity index (χ1v) is 11.9. The molecule has 2 heterocycles. The highest BCUT2D eigenvalue weighted by atomic mass is 32.2. The Bertz CT molecular complexity index is 1220. The van der Waals surface area contributed by atoms with Gasteiger partial charge in [-0.15, -0.1) is 0 Å². The Balaban J connectivity index is 1.67. The minimum atomic E-state index is -0.430. The maximum absolute atomic E-state index is 13.0. The van der Waals surface area contributed by atoms with Gasteiger partial charge in [-0.05, 0) is 36.4 Å². The lowest BCUT2D eigenvalue weighted by molar-refractivity contribution is -0.136. The van der Waals surface area contributed by atoms with Crippen LogP contribution in [0.4, 0.5) is 5.69 Å². The fourth-order valence-corrected chi connectivity index (χ4v) is 5.08. The second-order valence-electron chi connectivity index (χ2n) is 7.97. The normalized spacial score (nSPS) is 17.1. The predicted molar refractivity (Wildman–Crippen MR) is 134 cm³/mol. The summed E-state index contributed by atoms with van der Waals surface area (Å²) in [6.07, 6.45) is 0.720. The van der Waals surface area contributed by atoms with Gasteiger partial charge in [-0.1, -0.05) is 54.6 Å². The van der Waals surface area contributed by atoms with Crippen molar-refractivity contribution in [1.82, 2.24) is 4.90 Å². The fourth-order valence-electron chi connectivity index (χ4n) is 4.14. The third-order valence-corrected chi connectivity index (χ3v) is 6.57. The third-order valence-electron chi connectivity index (χ3n) is 5.68. The second-order valence-corrected chi connectivity index (χ2v) is 8.81. The highest BCUT2D eigenvalue weighted by molar-refractivity contribution is 8.16. The van der Waals surface area contributed by atoms with E-state index in [-0.39, 0.29) is 12.3 Å². The van der Waals surface area contributed by atoms with Crippen molar-refractivity contribution in [3.05, 3.63) is 82.0 Å². The minimum Gasteiger partial charge on any atom is -0.497 e. The van der Waals surface area contributed by atoms with Crippen molar-refractivity contribution in [3.63, 3.8) is 0 Å². The smallest absolute Gasteiger partial charge is 0.338 e. The summed E-state index contributed by atoms with van der Waals surface area (Å²) in [5, 5.41) is 5.61. The molecule has 0 aliphatic carbocycles. The van der Waals surface area contributed by atoms with Gasteiger partial charge in [0.25, 0.3) is 0 Å². The zero-order valence-corrected chi connectivity index (χ0v) is 20.4. The van der Waals surface area contributed by atoms with Crippen LogP contribution in [0.15, 0.2) is 75.9 Å². The number of amidine groups is 1. The molecule has 0 unspecified atom stereocenters. The molecule has 0 spiro atoms. The number of ether oxygens (including phenoxy) is 2. The molecule has 34 heavy (non-hydrogen) atoms. The van der Waals surface area contributed by atoms with Crippen molar-refractivity contribution < 1.29 is 19.1 Å². The van der Waals surface area contributed by atoms with E-state index in [4.69, 9.17) is 14.5 Å². The van der Waals surface area contributed by atoms with Crippen molar-refractivity contribution in [1.29, 1.82) is 0 Å². The molecule has 2 aromatic carbocycles. The van der Waals surface area contributed by atoms with Crippen LogP contribution in [0, 0.1) is 6.92 Å². The van der Waals surface area contributed by atoms with Crippen LogP contribution in [0.5, 0.6) is 5.75 Å². The summed E-state index contributed by atoms with van der Waals surface area (Å²) in [6.45, 7) is 3.99. The molecule has 0 bridgehead atoms. The van der Waals surface area contributed by atoms with Crippen LogP contribution in [0.2, 0.25) is 0 Å². The third kappa shape index (κ3) is 4.72. The second kappa shape index (κ2) is 10.2. The summed E-state index contributed by atoms with van der Waals surface area (Å²) in [5.74, 6) is 0.0795. The van der Waals surface area contributed by atoms with E-state index in [9.17, 15) is 9.59 Å². The summed E-state index contributed by atoms with van der Waals surface area (Å²) in [5.41, 5.74) is 4.65. The molecule has 7 nitrogen and oxygen atoms in total. The van der Waals surface area contributed by atoms with E-state index < -0.39 is 12.0 Å². The molecule has 176 valence electrons. The number of rotatable bonds is 7. The number of benzene rings is 2. The average Bonchev–Trinajstić information content (AvgIpc) is 3.24. The number of carbonyl (C=O) groups excluding carboxylic acids is 2. The number of carbonyl (C=O) groups is 2. The van der Waals surface area contributed by atoms with Crippen LogP contribution in [0.25, 0.3) is 0 Å². The number of hydrogen-bond acceptors (Lipinski definition) is 7. The number of amides is 1. The molecule has 8 heteroatoms. The van der Waals surface area contributed by atoms with Gasteiger partial charge < -0.3 is 19.7 Å². The van der Waals surface area contributed by atoms with Crippen LogP contribution in [-0.2, 0) is 14.3 Å². The van der Waals surface area contributed by atoms with Crippen molar-refractivity contribution >= 4 is 34.5 Å². The number of nitrogens with one attached hydrogen (secondary N) is 1. The Morgan fingerprint density at radius 2 is 1.94 bits per heavy atom. The monoisotopic (exact) mass is 477 g/mol. The van der Waals surface area contributed by atoms with Crippen molar-refractivity contribution in [3.8, 4) is 5.75 Å².